The lowest BCUT2D eigenvalue weighted by Gasteiger charge is -1.86. The van der Waals surface area contributed by atoms with Gasteiger partial charge >= 0.3 is 5.97 Å². The van der Waals surface area contributed by atoms with Gasteiger partial charge in [0, 0.05) is 5.38 Å². The van der Waals surface area contributed by atoms with Crippen LogP contribution in [0.2, 0.25) is 5.02 Å². The topological polar surface area (TPSA) is 37.3 Å². The minimum atomic E-state index is -0.955. The van der Waals surface area contributed by atoms with Crippen LogP contribution in [-0.4, -0.2) is 11.1 Å². The molecule has 5 heteroatoms. The summed E-state index contributed by atoms with van der Waals surface area (Å²) in [6.45, 7) is 0. The normalized spacial score (nSPS) is 9.80. The number of hydrogen-bond donors (Lipinski definition) is 1. The zero-order valence-electron chi connectivity index (χ0n) is 4.60. The van der Waals surface area contributed by atoms with E-state index >= 15 is 0 Å². The van der Waals surface area contributed by atoms with Gasteiger partial charge in [-0.05, 0) is 15.9 Å². The Bertz CT molecular complexity index is 271. The van der Waals surface area contributed by atoms with Crippen LogP contribution in [0.4, 0.5) is 0 Å². The van der Waals surface area contributed by atoms with E-state index in [0.29, 0.717) is 9.50 Å². The lowest BCUT2D eigenvalue weighted by molar-refractivity contribution is 0.0701. The highest BCUT2D eigenvalue weighted by atomic mass is 79.9. The first kappa shape index (κ1) is 8.04. The minimum Gasteiger partial charge on any atom is -0.477 e. The number of rotatable bonds is 1. The Hall–Kier alpha value is -0.0600. The van der Waals surface area contributed by atoms with Crippen molar-refractivity contribution in [3.63, 3.8) is 0 Å². The van der Waals surface area contributed by atoms with Crippen LogP contribution in [0.15, 0.2) is 9.85 Å². The molecule has 1 N–H and O–H groups in total. The van der Waals surface area contributed by atoms with Crippen LogP contribution in [0.5, 0.6) is 0 Å². The van der Waals surface area contributed by atoms with E-state index < -0.39 is 5.97 Å². The highest BCUT2D eigenvalue weighted by molar-refractivity contribution is 9.10. The Labute approximate surface area is 74.6 Å². The monoisotopic (exact) mass is 240 g/mol. The average Bonchev–Trinajstić information content (AvgIpc) is 2.14. The number of hydrogen-bond acceptors (Lipinski definition) is 2. The van der Waals surface area contributed by atoms with E-state index in [9.17, 15) is 4.79 Å². The summed E-state index contributed by atoms with van der Waals surface area (Å²) < 4.78 is 0.465. The number of thiophene rings is 1. The number of carboxylic acid groups (broad SMARTS) is 1. The molecule has 0 radical (unpaired) electrons. The molecule has 0 spiro atoms. The molecule has 0 fully saturated rings. The lowest BCUT2D eigenvalue weighted by atomic mass is 10.5. The van der Waals surface area contributed by atoms with Crippen LogP contribution >= 0.6 is 38.9 Å². The Morgan fingerprint density at radius 1 is 1.80 bits per heavy atom. The molecule has 0 atom stereocenters. The Balaban J connectivity index is 3.17. The third-order valence-corrected chi connectivity index (χ3v) is 3.59. The Morgan fingerprint density at radius 2 is 2.40 bits per heavy atom. The molecule has 0 saturated carbocycles. The molecule has 0 aliphatic rings. The van der Waals surface area contributed by atoms with Crippen molar-refractivity contribution < 1.29 is 9.90 Å². The van der Waals surface area contributed by atoms with Crippen molar-refractivity contribution in [2.24, 2.45) is 0 Å². The molecule has 10 heavy (non-hydrogen) atoms. The summed E-state index contributed by atoms with van der Waals surface area (Å²) in [6.07, 6.45) is 0. The first-order chi connectivity index (χ1) is 4.63. The summed E-state index contributed by atoms with van der Waals surface area (Å²) in [5.41, 5.74) is 0. The summed E-state index contributed by atoms with van der Waals surface area (Å²) in [5.74, 6) is -0.955. The predicted octanol–water partition coefficient (Wildman–Crippen LogP) is 2.86. The van der Waals surface area contributed by atoms with Crippen LogP contribution in [-0.2, 0) is 0 Å². The van der Waals surface area contributed by atoms with E-state index in [1.165, 1.54) is 0 Å². The van der Waals surface area contributed by atoms with Crippen LogP contribution in [0.25, 0.3) is 0 Å². The first-order valence-electron chi connectivity index (χ1n) is 2.28. The maximum absolute atomic E-state index is 10.4. The fraction of sp³-hybridized carbons (Fsp3) is 0. The van der Waals surface area contributed by atoms with Crippen molar-refractivity contribution in [1.82, 2.24) is 0 Å². The van der Waals surface area contributed by atoms with Crippen molar-refractivity contribution in [3.8, 4) is 0 Å². The molecule has 54 valence electrons. The van der Waals surface area contributed by atoms with E-state index in [-0.39, 0.29) is 4.88 Å². The Kier molecular flexibility index (Phi) is 2.33. The SMILES string of the molecule is O=C(O)c1scc(Cl)c1Br. The fourth-order valence-corrected chi connectivity index (χ4v) is 2.12. The third-order valence-electron chi connectivity index (χ3n) is 0.884. The van der Waals surface area contributed by atoms with Crippen molar-refractivity contribution in [1.29, 1.82) is 0 Å². The zero-order chi connectivity index (χ0) is 7.72. The van der Waals surface area contributed by atoms with Crippen molar-refractivity contribution in [2.75, 3.05) is 0 Å². The van der Waals surface area contributed by atoms with Gasteiger partial charge in [0.1, 0.15) is 4.88 Å². The molecule has 0 aliphatic heterocycles. The zero-order valence-corrected chi connectivity index (χ0v) is 7.76. The van der Waals surface area contributed by atoms with Crippen molar-refractivity contribution >= 4 is 44.8 Å². The molecule has 0 aromatic carbocycles. The van der Waals surface area contributed by atoms with Gasteiger partial charge in [-0.15, -0.1) is 11.3 Å². The van der Waals surface area contributed by atoms with Gasteiger partial charge in [0.05, 0.1) is 9.50 Å². The summed E-state index contributed by atoms with van der Waals surface area (Å²) >= 11 is 9.73. The van der Waals surface area contributed by atoms with Crippen LogP contribution < -0.4 is 0 Å². The van der Waals surface area contributed by atoms with Gasteiger partial charge < -0.3 is 5.11 Å². The molecular formula is C5H2BrClO2S. The minimum absolute atomic E-state index is 0.241. The van der Waals surface area contributed by atoms with Crippen LogP contribution in [0.3, 0.4) is 0 Å². The molecular weight excluding hydrogens is 239 g/mol. The van der Waals surface area contributed by atoms with Crippen LogP contribution in [0.1, 0.15) is 9.67 Å². The van der Waals surface area contributed by atoms with Gasteiger partial charge in [-0.25, -0.2) is 4.79 Å². The van der Waals surface area contributed by atoms with Gasteiger partial charge in [-0.1, -0.05) is 11.6 Å². The molecule has 2 nitrogen and oxygen atoms in total. The molecule has 1 aromatic rings. The van der Waals surface area contributed by atoms with Crippen LogP contribution in [0, 0.1) is 0 Å². The first-order valence-corrected chi connectivity index (χ1v) is 4.33. The Morgan fingerprint density at radius 3 is 2.60 bits per heavy atom. The molecule has 0 amide bonds. The molecule has 0 aliphatic carbocycles. The molecule has 1 heterocycles. The summed E-state index contributed by atoms with van der Waals surface area (Å²) in [5, 5.41) is 10.5. The number of aromatic carboxylic acids is 1. The molecule has 0 bridgehead atoms. The van der Waals surface area contributed by atoms with Crippen molar-refractivity contribution in [2.45, 2.75) is 0 Å². The van der Waals surface area contributed by atoms with Gasteiger partial charge in [0.15, 0.2) is 0 Å². The highest BCUT2D eigenvalue weighted by Gasteiger charge is 2.12. The van der Waals surface area contributed by atoms with Gasteiger partial charge in [-0.3, -0.25) is 0 Å². The maximum Gasteiger partial charge on any atom is 0.347 e. The second-order valence-corrected chi connectivity index (χ2v) is 3.61. The second-order valence-electron chi connectivity index (χ2n) is 1.53. The average molecular weight is 241 g/mol. The molecule has 0 unspecified atom stereocenters. The van der Waals surface area contributed by atoms with E-state index in [4.69, 9.17) is 16.7 Å². The van der Waals surface area contributed by atoms with E-state index in [1.807, 2.05) is 0 Å². The number of carboxylic acids is 1. The molecule has 0 saturated heterocycles. The largest absolute Gasteiger partial charge is 0.477 e. The van der Waals surface area contributed by atoms with Gasteiger partial charge in [-0.2, -0.15) is 0 Å². The number of halogens is 2. The quantitative estimate of drug-likeness (QED) is 0.821. The third kappa shape index (κ3) is 1.33. The highest BCUT2D eigenvalue weighted by Crippen LogP contribution is 2.31. The van der Waals surface area contributed by atoms with Crippen molar-refractivity contribution in [3.05, 3.63) is 19.8 Å². The lowest BCUT2D eigenvalue weighted by Crippen LogP contribution is -1.91. The maximum atomic E-state index is 10.4. The molecule has 1 rings (SSSR count). The smallest absolute Gasteiger partial charge is 0.347 e. The summed E-state index contributed by atoms with van der Waals surface area (Å²) in [6, 6.07) is 0. The predicted molar refractivity (Wildman–Crippen MR) is 44.0 cm³/mol. The second kappa shape index (κ2) is 2.90. The van der Waals surface area contributed by atoms with E-state index in [0.717, 1.165) is 11.3 Å². The van der Waals surface area contributed by atoms with E-state index in [1.54, 1.807) is 5.38 Å². The standard InChI is InChI=1S/C5H2BrClO2S/c6-3-2(7)1-10-4(3)5(8)9/h1H,(H,8,9). The van der Waals surface area contributed by atoms with Gasteiger partial charge in [0.25, 0.3) is 0 Å². The summed E-state index contributed by atoms with van der Waals surface area (Å²) in [4.78, 5) is 10.6. The summed E-state index contributed by atoms with van der Waals surface area (Å²) in [7, 11) is 0. The number of carbonyl (C=O) groups is 1. The fourth-order valence-electron chi connectivity index (χ4n) is 0.467. The van der Waals surface area contributed by atoms with Gasteiger partial charge in [0.2, 0.25) is 0 Å². The van der Waals surface area contributed by atoms with E-state index in [2.05, 4.69) is 15.9 Å². The molecule has 1 aromatic heterocycles.